The molecule has 0 aromatic carbocycles. The van der Waals surface area contributed by atoms with Crippen LogP contribution in [0.25, 0.3) is 0 Å². The van der Waals surface area contributed by atoms with Crippen molar-refractivity contribution in [1.82, 2.24) is 15.1 Å². The molecule has 1 N–H and O–H groups in total. The summed E-state index contributed by atoms with van der Waals surface area (Å²) in [6.45, 7) is 6.97. The van der Waals surface area contributed by atoms with Crippen LogP contribution < -0.4 is 5.32 Å². The first kappa shape index (κ1) is 21.5. The summed E-state index contributed by atoms with van der Waals surface area (Å²) < 4.78 is 0. The average Bonchev–Trinajstić information content (AvgIpc) is 3.13. The summed E-state index contributed by atoms with van der Waals surface area (Å²) in [4.78, 5) is 20.5. The van der Waals surface area contributed by atoms with Crippen LogP contribution in [-0.2, 0) is 4.79 Å². The summed E-state index contributed by atoms with van der Waals surface area (Å²) in [5.74, 6) is 2.53. The predicted octanol–water partition coefficient (Wildman–Crippen LogP) is 2.95. The zero-order valence-electron chi connectivity index (χ0n) is 15.8. The Morgan fingerprint density at radius 1 is 1.25 bits per heavy atom. The van der Waals surface area contributed by atoms with Crippen LogP contribution in [0.2, 0.25) is 0 Å². The van der Waals surface area contributed by atoms with Gasteiger partial charge in [-0.05, 0) is 37.5 Å². The van der Waals surface area contributed by atoms with Gasteiger partial charge in [0.25, 0.3) is 0 Å². The molecule has 0 aromatic rings. The number of hydrogen-bond acceptors (Lipinski definition) is 2. The zero-order chi connectivity index (χ0) is 16.8. The van der Waals surface area contributed by atoms with E-state index in [1.54, 1.807) is 19.0 Å². The smallest absolute Gasteiger partial charge is 0.243 e. The molecule has 0 bridgehead atoms. The lowest BCUT2D eigenvalue weighted by atomic mass is 9.97. The molecule has 2 fully saturated rings. The number of aliphatic imine (C=N–C) groups is 1. The molecule has 2 rings (SSSR count). The van der Waals surface area contributed by atoms with Crippen LogP contribution in [0.15, 0.2) is 4.99 Å². The quantitative estimate of drug-likeness (QED) is 0.398. The van der Waals surface area contributed by atoms with Gasteiger partial charge in [-0.1, -0.05) is 26.7 Å². The van der Waals surface area contributed by atoms with Gasteiger partial charge in [-0.2, -0.15) is 0 Å². The Morgan fingerprint density at radius 3 is 2.50 bits per heavy atom. The van der Waals surface area contributed by atoms with E-state index in [4.69, 9.17) is 0 Å². The van der Waals surface area contributed by atoms with E-state index in [2.05, 4.69) is 29.1 Å². The maximum absolute atomic E-state index is 11.9. The van der Waals surface area contributed by atoms with Crippen molar-refractivity contribution in [2.24, 2.45) is 16.8 Å². The average molecular weight is 450 g/mol. The van der Waals surface area contributed by atoms with Gasteiger partial charge in [0.2, 0.25) is 5.91 Å². The molecule has 1 saturated heterocycles. The van der Waals surface area contributed by atoms with E-state index in [1.807, 2.05) is 0 Å². The van der Waals surface area contributed by atoms with Crippen molar-refractivity contribution in [3.8, 4) is 0 Å². The number of likely N-dealkylation sites (N-methyl/N-ethyl adjacent to an activating group) is 1. The number of likely N-dealkylation sites (tertiary alicyclic amines) is 1. The van der Waals surface area contributed by atoms with Gasteiger partial charge in [0, 0.05) is 33.2 Å². The van der Waals surface area contributed by atoms with E-state index in [1.165, 1.54) is 38.5 Å². The van der Waals surface area contributed by atoms with Gasteiger partial charge >= 0.3 is 0 Å². The minimum atomic E-state index is 0. The second-order valence-electron chi connectivity index (χ2n) is 7.78. The first-order valence-electron chi connectivity index (χ1n) is 9.21. The van der Waals surface area contributed by atoms with Crippen molar-refractivity contribution in [1.29, 1.82) is 0 Å². The molecular formula is C18H35IN4O. The second kappa shape index (κ2) is 10.5. The van der Waals surface area contributed by atoms with Crippen LogP contribution in [0.4, 0.5) is 0 Å². The zero-order valence-corrected chi connectivity index (χ0v) is 18.1. The summed E-state index contributed by atoms with van der Waals surface area (Å²) in [6, 6.07) is 0.535. The molecule has 1 amide bonds. The van der Waals surface area contributed by atoms with Crippen molar-refractivity contribution >= 4 is 35.8 Å². The van der Waals surface area contributed by atoms with Crippen molar-refractivity contribution in [2.45, 2.75) is 58.4 Å². The molecule has 1 saturated carbocycles. The lowest BCUT2D eigenvalue weighted by Gasteiger charge is -2.25. The maximum atomic E-state index is 11.9. The molecule has 1 aliphatic heterocycles. The number of rotatable bonds is 5. The Kier molecular flexibility index (Phi) is 9.37. The van der Waals surface area contributed by atoms with Gasteiger partial charge in [0.05, 0.1) is 0 Å². The monoisotopic (exact) mass is 450 g/mol. The molecule has 5 nitrogen and oxygen atoms in total. The standard InChI is InChI=1S/C18H34N4O.HI/c1-14(2)11-15-9-10-22(13-15)18(19-12-17(23)21(3)4)20-16-7-5-6-8-16;/h14-16H,5-13H2,1-4H3,(H,19,20);1H. The fourth-order valence-electron chi connectivity index (χ4n) is 3.66. The van der Waals surface area contributed by atoms with Crippen molar-refractivity contribution in [3.05, 3.63) is 0 Å². The Hall–Kier alpha value is -0.530. The van der Waals surface area contributed by atoms with Crippen LogP contribution >= 0.6 is 24.0 Å². The fraction of sp³-hybridized carbons (Fsp3) is 0.889. The van der Waals surface area contributed by atoms with Gasteiger partial charge in [-0.25, -0.2) is 4.99 Å². The third-order valence-electron chi connectivity index (χ3n) is 4.94. The first-order valence-corrected chi connectivity index (χ1v) is 9.21. The van der Waals surface area contributed by atoms with E-state index < -0.39 is 0 Å². The number of guanidine groups is 1. The van der Waals surface area contributed by atoms with E-state index in [-0.39, 0.29) is 36.4 Å². The minimum absolute atomic E-state index is 0. The maximum Gasteiger partial charge on any atom is 0.243 e. The SMILES string of the molecule is CC(C)CC1CCN(C(=NCC(=O)N(C)C)NC2CCCC2)C1.I. The lowest BCUT2D eigenvalue weighted by molar-refractivity contribution is -0.127. The molecule has 1 atom stereocenters. The summed E-state index contributed by atoms with van der Waals surface area (Å²) in [5, 5.41) is 3.63. The molecule has 6 heteroatoms. The van der Waals surface area contributed by atoms with Gasteiger partial charge in [-0.3, -0.25) is 4.79 Å². The van der Waals surface area contributed by atoms with Crippen molar-refractivity contribution in [3.63, 3.8) is 0 Å². The van der Waals surface area contributed by atoms with Crippen LogP contribution in [0.1, 0.15) is 52.4 Å². The number of halogens is 1. The van der Waals surface area contributed by atoms with E-state index in [0.717, 1.165) is 30.9 Å². The van der Waals surface area contributed by atoms with Crippen LogP contribution in [0.3, 0.4) is 0 Å². The summed E-state index contributed by atoms with van der Waals surface area (Å²) in [7, 11) is 3.58. The van der Waals surface area contributed by atoms with Gasteiger partial charge in [0.1, 0.15) is 6.54 Å². The molecule has 140 valence electrons. The molecule has 0 spiro atoms. The Labute approximate surface area is 164 Å². The molecular weight excluding hydrogens is 415 g/mol. The predicted molar refractivity (Wildman–Crippen MR) is 111 cm³/mol. The molecule has 2 aliphatic rings. The summed E-state index contributed by atoms with van der Waals surface area (Å²) in [5.41, 5.74) is 0. The largest absolute Gasteiger partial charge is 0.353 e. The molecule has 1 aliphatic carbocycles. The third-order valence-corrected chi connectivity index (χ3v) is 4.94. The van der Waals surface area contributed by atoms with Gasteiger partial charge < -0.3 is 15.1 Å². The van der Waals surface area contributed by atoms with Crippen LogP contribution in [0.5, 0.6) is 0 Å². The van der Waals surface area contributed by atoms with Crippen LogP contribution in [0, 0.1) is 11.8 Å². The highest BCUT2D eigenvalue weighted by molar-refractivity contribution is 14.0. The van der Waals surface area contributed by atoms with Crippen LogP contribution in [-0.4, -0.2) is 61.4 Å². The number of nitrogens with zero attached hydrogens (tertiary/aromatic N) is 3. The Balaban J connectivity index is 0.00000288. The third kappa shape index (κ3) is 6.76. The second-order valence-corrected chi connectivity index (χ2v) is 7.78. The minimum Gasteiger partial charge on any atom is -0.353 e. The van der Waals surface area contributed by atoms with E-state index in [9.17, 15) is 4.79 Å². The molecule has 1 heterocycles. The summed E-state index contributed by atoms with van der Waals surface area (Å²) >= 11 is 0. The lowest BCUT2D eigenvalue weighted by Crippen LogP contribution is -2.45. The molecule has 0 aromatic heterocycles. The number of nitrogens with one attached hydrogen (secondary N) is 1. The van der Waals surface area contributed by atoms with Crippen molar-refractivity contribution in [2.75, 3.05) is 33.7 Å². The topological polar surface area (TPSA) is 47.9 Å². The number of amides is 1. The summed E-state index contributed by atoms with van der Waals surface area (Å²) in [6.07, 6.45) is 7.58. The number of carbonyl (C=O) groups is 1. The number of carbonyl (C=O) groups excluding carboxylic acids is 1. The Bertz CT molecular complexity index is 419. The van der Waals surface area contributed by atoms with Gasteiger partial charge in [-0.15, -0.1) is 24.0 Å². The van der Waals surface area contributed by atoms with Crippen molar-refractivity contribution < 1.29 is 4.79 Å². The highest BCUT2D eigenvalue weighted by Gasteiger charge is 2.27. The Morgan fingerprint density at radius 2 is 1.92 bits per heavy atom. The molecule has 24 heavy (non-hydrogen) atoms. The number of hydrogen-bond donors (Lipinski definition) is 1. The molecule has 0 radical (unpaired) electrons. The normalized spacial score (nSPS) is 22.0. The fourth-order valence-corrected chi connectivity index (χ4v) is 3.66. The van der Waals surface area contributed by atoms with Gasteiger partial charge in [0.15, 0.2) is 5.96 Å². The van der Waals surface area contributed by atoms with E-state index >= 15 is 0 Å². The van der Waals surface area contributed by atoms with E-state index in [0.29, 0.717) is 6.04 Å². The highest BCUT2D eigenvalue weighted by Crippen LogP contribution is 2.24. The molecule has 1 unspecified atom stereocenters. The first-order chi connectivity index (χ1) is 11.0. The highest BCUT2D eigenvalue weighted by atomic mass is 127.